The summed E-state index contributed by atoms with van der Waals surface area (Å²) in [6.45, 7) is 0. The number of aromatic nitrogens is 1. The fraction of sp³-hybridized carbons (Fsp3) is 0. The number of benzene rings is 5. The Bertz CT molecular complexity index is 2240. The molecule has 0 atom stereocenters. The minimum absolute atomic E-state index is 0.634. The Morgan fingerprint density at radius 2 is 1.32 bits per heavy atom. The molecule has 0 spiro atoms. The van der Waals surface area contributed by atoms with E-state index in [0.29, 0.717) is 11.1 Å². The van der Waals surface area contributed by atoms with Gasteiger partial charge in [0, 0.05) is 41.7 Å². The Labute approximate surface area is 197 Å². The number of fused-ring (bicyclic) bond motifs is 9. The predicted molar refractivity (Wildman–Crippen MR) is 141 cm³/mol. The third-order valence-electron chi connectivity index (χ3n) is 7.14. The highest BCUT2D eigenvalue weighted by molar-refractivity contribution is 7.26. The largest absolute Gasteiger partial charge is 0.308 e. The number of hydrogen-bond donors (Lipinski definition) is 0. The van der Waals surface area contributed by atoms with Gasteiger partial charge in [0.25, 0.3) is 0 Å². The molecule has 0 unspecified atom stereocenters. The lowest BCUT2D eigenvalue weighted by Gasteiger charge is -2.10. The first-order valence-electron chi connectivity index (χ1n) is 11.1. The smallest absolute Gasteiger partial charge is 0.0992 e. The molecule has 0 fully saturated rings. The lowest BCUT2D eigenvalue weighted by atomic mass is 9.99. The number of hydrogen-bond acceptors (Lipinski definition) is 3. The standard InChI is InChI=1S/C30H13N3S/c31-14-16-7-9-19-22-13-23-20-5-1-3-18-4-2-6-26(27(18)20)34-30(23)28-21-10-8-17(15-32)12-25(21)33(29(22)28)24(19)11-16/h1-13H. The topological polar surface area (TPSA) is 52.0 Å². The van der Waals surface area contributed by atoms with E-state index >= 15 is 0 Å². The maximum Gasteiger partial charge on any atom is 0.0992 e. The van der Waals surface area contributed by atoms with Crippen molar-refractivity contribution in [3.8, 4) is 12.1 Å². The maximum atomic E-state index is 9.61. The fourth-order valence-corrected chi connectivity index (χ4v) is 7.04. The molecule has 3 heterocycles. The van der Waals surface area contributed by atoms with E-state index in [9.17, 15) is 10.5 Å². The Morgan fingerprint density at radius 3 is 2.09 bits per heavy atom. The van der Waals surface area contributed by atoms with Crippen molar-refractivity contribution in [2.24, 2.45) is 0 Å². The van der Waals surface area contributed by atoms with Crippen molar-refractivity contribution in [3.63, 3.8) is 0 Å². The first-order chi connectivity index (χ1) is 16.8. The minimum atomic E-state index is 0.634. The molecule has 0 saturated carbocycles. The average Bonchev–Trinajstić information content (AvgIpc) is 3.39. The van der Waals surface area contributed by atoms with Gasteiger partial charge in [0.2, 0.25) is 0 Å². The molecule has 5 aromatic carbocycles. The van der Waals surface area contributed by atoms with Crippen LogP contribution < -0.4 is 0 Å². The first kappa shape index (κ1) is 17.9. The first-order valence-corrected chi connectivity index (χ1v) is 11.9. The summed E-state index contributed by atoms with van der Waals surface area (Å²) in [7, 11) is 0. The number of rotatable bonds is 0. The molecule has 154 valence electrons. The van der Waals surface area contributed by atoms with Crippen LogP contribution in [0.5, 0.6) is 0 Å². The SMILES string of the molecule is N#Cc1ccc2c3cc4c5cccc6cccc(sc4c4c7ccc(C#N)cc7n(c2c1)c34)c65. The number of nitriles is 2. The zero-order valence-electron chi connectivity index (χ0n) is 17.8. The third kappa shape index (κ3) is 2.01. The van der Waals surface area contributed by atoms with Crippen LogP contribution in [0.3, 0.4) is 0 Å². The highest BCUT2D eigenvalue weighted by atomic mass is 32.1. The predicted octanol–water partition coefficient (Wildman–Crippen LogP) is 8.10. The summed E-state index contributed by atoms with van der Waals surface area (Å²) >= 11 is 1.83. The zero-order chi connectivity index (χ0) is 22.6. The molecule has 0 aliphatic heterocycles. The Hall–Kier alpha value is -4.64. The van der Waals surface area contributed by atoms with Crippen molar-refractivity contribution < 1.29 is 0 Å². The fourth-order valence-electron chi connectivity index (χ4n) is 5.76. The van der Waals surface area contributed by atoms with Gasteiger partial charge in [-0.1, -0.05) is 42.5 Å². The molecule has 3 aromatic heterocycles. The van der Waals surface area contributed by atoms with Crippen molar-refractivity contribution in [1.29, 1.82) is 10.5 Å². The van der Waals surface area contributed by atoms with E-state index in [1.165, 1.54) is 41.7 Å². The molecule has 0 radical (unpaired) electrons. The molecule has 0 saturated heterocycles. The molecule has 0 amide bonds. The van der Waals surface area contributed by atoms with Gasteiger partial charge in [-0.2, -0.15) is 10.5 Å². The maximum absolute atomic E-state index is 9.61. The Balaban J connectivity index is 1.77. The van der Waals surface area contributed by atoms with Crippen molar-refractivity contribution in [2.45, 2.75) is 0 Å². The second kappa shape index (κ2) is 6.02. The molecule has 34 heavy (non-hydrogen) atoms. The summed E-state index contributed by atoms with van der Waals surface area (Å²) in [5.41, 5.74) is 4.44. The molecule has 3 nitrogen and oxygen atoms in total. The van der Waals surface area contributed by atoms with Gasteiger partial charge in [-0.15, -0.1) is 11.3 Å². The lowest BCUT2D eigenvalue weighted by Crippen LogP contribution is -1.83. The Kier molecular flexibility index (Phi) is 3.17. The summed E-state index contributed by atoms with van der Waals surface area (Å²) < 4.78 is 4.78. The van der Waals surface area contributed by atoms with Crippen molar-refractivity contribution in [2.75, 3.05) is 0 Å². The van der Waals surface area contributed by atoms with Crippen molar-refractivity contribution in [3.05, 3.63) is 90.0 Å². The molecule has 0 bridgehead atoms. The van der Waals surface area contributed by atoms with E-state index in [-0.39, 0.29) is 0 Å². The molecule has 4 heteroatoms. The van der Waals surface area contributed by atoms with Crippen LogP contribution >= 0.6 is 11.3 Å². The zero-order valence-corrected chi connectivity index (χ0v) is 18.6. The number of nitrogens with zero attached hydrogens (tertiary/aromatic N) is 3. The van der Waals surface area contributed by atoms with E-state index < -0.39 is 0 Å². The molecule has 0 N–H and O–H groups in total. The molecule has 8 aromatic rings. The van der Waals surface area contributed by atoms with Gasteiger partial charge in [-0.3, -0.25) is 0 Å². The van der Waals surface area contributed by atoms with Gasteiger partial charge in [-0.05, 0) is 47.2 Å². The average molecular weight is 448 g/mol. The van der Waals surface area contributed by atoms with E-state index in [1.807, 2.05) is 35.6 Å². The van der Waals surface area contributed by atoms with Gasteiger partial charge < -0.3 is 4.40 Å². The van der Waals surface area contributed by atoms with Gasteiger partial charge in [0.05, 0.1) is 39.8 Å². The molecule has 0 aliphatic rings. The summed E-state index contributed by atoms with van der Waals surface area (Å²) in [6.07, 6.45) is 0. The van der Waals surface area contributed by atoms with Gasteiger partial charge in [0.15, 0.2) is 0 Å². The van der Waals surface area contributed by atoms with Crippen LogP contribution in [0.4, 0.5) is 0 Å². The van der Waals surface area contributed by atoms with Crippen LogP contribution in [0, 0.1) is 22.7 Å². The van der Waals surface area contributed by atoms with Crippen LogP contribution in [0.1, 0.15) is 11.1 Å². The summed E-state index contributed by atoms with van der Waals surface area (Å²) in [4.78, 5) is 0. The van der Waals surface area contributed by atoms with Crippen LogP contribution in [0.25, 0.3) is 69.0 Å². The molecular formula is C30H13N3S. The third-order valence-corrected chi connectivity index (χ3v) is 8.33. The van der Waals surface area contributed by atoms with Crippen LogP contribution in [0.2, 0.25) is 0 Å². The molecule has 8 rings (SSSR count). The van der Waals surface area contributed by atoms with E-state index in [1.54, 1.807) is 0 Å². The van der Waals surface area contributed by atoms with Crippen molar-refractivity contribution in [1.82, 2.24) is 4.40 Å². The van der Waals surface area contributed by atoms with Gasteiger partial charge >= 0.3 is 0 Å². The second-order valence-corrected chi connectivity index (χ2v) is 9.86. The molecular weight excluding hydrogens is 434 g/mol. The van der Waals surface area contributed by atoms with Crippen LogP contribution in [-0.2, 0) is 0 Å². The van der Waals surface area contributed by atoms with E-state index in [0.717, 1.165) is 27.3 Å². The highest BCUT2D eigenvalue weighted by Gasteiger charge is 2.22. The van der Waals surface area contributed by atoms with Crippen LogP contribution in [0.15, 0.2) is 78.9 Å². The summed E-state index contributed by atoms with van der Waals surface area (Å²) in [6, 6.07) is 31.9. The van der Waals surface area contributed by atoms with Gasteiger partial charge in [0.1, 0.15) is 0 Å². The Morgan fingerprint density at radius 1 is 0.618 bits per heavy atom. The van der Waals surface area contributed by atoms with Crippen molar-refractivity contribution >= 4 is 80.4 Å². The van der Waals surface area contributed by atoms with Crippen LogP contribution in [-0.4, -0.2) is 4.40 Å². The molecule has 0 aliphatic carbocycles. The van der Waals surface area contributed by atoms with Gasteiger partial charge in [-0.25, -0.2) is 0 Å². The summed E-state index contributed by atoms with van der Waals surface area (Å²) in [5, 5.41) is 28.9. The lowest BCUT2D eigenvalue weighted by molar-refractivity contribution is 1.36. The van der Waals surface area contributed by atoms with E-state index in [2.05, 4.69) is 71.1 Å². The highest BCUT2D eigenvalue weighted by Crippen LogP contribution is 2.47. The van der Waals surface area contributed by atoms with E-state index in [4.69, 9.17) is 0 Å². The quantitative estimate of drug-likeness (QED) is 0.174. The summed E-state index contributed by atoms with van der Waals surface area (Å²) in [5.74, 6) is 0. The second-order valence-electron chi connectivity index (χ2n) is 8.81. The normalized spacial score (nSPS) is 12.1. The monoisotopic (exact) mass is 447 g/mol. The minimum Gasteiger partial charge on any atom is -0.308 e.